The summed E-state index contributed by atoms with van der Waals surface area (Å²) < 4.78 is 0. The Morgan fingerprint density at radius 2 is 1.65 bits per heavy atom. The van der Waals surface area contributed by atoms with Crippen LogP contribution in [-0.4, -0.2) is 18.2 Å². The minimum absolute atomic E-state index is 0.669. The van der Waals surface area contributed by atoms with E-state index in [0.29, 0.717) is 0 Å². The zero-order valence-electron chi connectivity index (χ0n) is 11.9. The molecule has 0 aromatic heterocycles. The van der Waals surface area contributed by atoms with E-state index in [9.17, 15) is 5.11 Å². The van der Waals surface area contributed by atoms with E-state index in [-0.39, 0.29) is 0 Å². The number of benzene rings is 2. The highest BCUT2D eigenvalue weighted by molar-refractivity contribution is 5.47. The summed E-state index contributed by atoms with van der Waals surface area (Å²) in [5.41, 5.74) is 2.85. The molecule has 1 fully saturated rings. The fourth-order valence-electron chi connectivity index (χ4n) is 3.00. The van der Waals surface area contributed by atoms with Gasteiger partial charge in [-0.2, -0.15) is 0 Å². The minimum Gasteiger partial charge on any atom is -0.385 e. The van der Waals surface area contributed by atoms with Crippen molar-refractivity contribution < 1.29 is 5.11 Å². The molecule has 1 saturated heterocycles. The van der Waals surface area contributed by atoms with Crippen molar-refractivity contribution in [3.63, 3.8) is 0 Å². The summed E-state index contributed by atoms with van der Waals surface area (Å²) in [6, 6.07) is 18.7. The van der Waals surface area contributed by atoms with Crippen molar-refractivity contribution in [3.05, 3.63) is 65.7 Å². The van der Waals surface area contributed by atoms with Crippen molar-refractivity contribution in [2.75, 3.05) is 18.0 Å². The van der Waals surface area contributed by atoms with Gasteiger partial charge in [0.2, 0.25) is 0 Å². The second-order valence-corrected chi connectivity index (χ2v) is 5.72. The number of aliphatic hydroxyl groups is 1. The summed E-state index contributed by atoms with van der Waals surface area (Å²) in [6.07, 6.45) is 1.57. The Hall–Kier alpha value is -1.80. The SMILES string of the molecule is Cc1cccc(C2(O)CCN(c3ccccc3)CC2)c1. The van der Waals surface area contributed by atoms with Crippen molar-refractivity contribution in [1.82, 2.24) is 0 Å². The lowest BCUT2D eigenvalue weighted by Gasteiger charge is -2.39. The smallest absolute Gasteiger partial charge is 0.0930 e. The molecule has 0 saturated carbocycles. The maximum absolute atomic E-state index is 10.9. The van der Waals surface area contributed by atoms with Gasteiger partial charge in [-0.25, -0.2) is 0 Å². The second kappa shape index (κ2) is 5.29. The predicted octanol–water partition coefficient (Wildman–Crippen LogP) is 3.48. The van der Waals surface area contributed by atoms with Gasteiger partial charge >= 0.3 is 0 Å². The van der Waals surface area contributed by atoms with Crippen LogP contribution >= 0.6 is 0 Å². The quantitative estimate of drug-likeness (QED) is 0.900. The molecule has 20 heavy (non-hydrogen) atoms. The Balaban J connectivity index is 1.75. The topological polar surface area (TPSA) is 23.5 Å². The van der Waals surface area contributed by atoms with E-state index < -0.39 is 5.60 Å². The van der Waals surface area contributed by atoms with E-state index in [2.05, 4.69) is 48.2 Å². The van der Waals surface area contributed by atoms with E-state index in [1.54, 1.807) is 0 Å². The first kappa shape index (κ1) is 13.2. The zero-order valence-corrected chi connectivity index (χ0v) is 11.9. The molecule has 2 nitrogen and oxygen atoms in total. The van der Waals surface area contributed by atoms with E-state index in [4.69, 9.17) is 0 Å². The standard InChI is InChI=1S/C18H21NO/c1-15-6-5-7-16(14-15)18(20)10-12-19(13-11-18)17-8-3-2-4-9-17/h2-9,14,20H,10-13H2,1H3. The molecule has 0 radical (unpaired) electrons. The lowest BCUT2D eigenvalue weighted by Crippen LogP contribution is -2.42. The van der Waals surface area contributed by atoms with Crippen LogP contribution in [0.3, 0.4) is 0 Å². The normalized spacial score (nSPS) is 18.0. The molecule has 0 spiro atoms. The lowest BCUT2D eigenvalue weighted by molar-refractivity contribution is 0.0117. The summed E-state index contributed by atoms with van der Waals surface area (Å²) in [5.74, 6) is 0. The van der Waals surface area contributed by atoms with E-state index >= 15 is 0 Å². The Morgan fingerprint density at radius 1 is 0.950 bits per heavy atom. The Morgan fingerprint density at radius 3 is 2.30 bits per heavy atom. The summed E-state index contributed by atoms with van der Waals surface area (Å²) in [4.78, 5) is 2.35. The van der Waals surface area contributed by atoms with Crippen LogP contribution in [0, 0.1) is 6.92 Å². The van der Waals surface area contributed by atoms with Gasteiger partial charge in [0.05, 0.1) is 5.60 Å². The summed E-state index contributed by atoms with van der Waals surface area (Å²) in [5, 5.41) is 10.9. The van der Waals surface area contributed by atoms with Crippen LogP contribution in [0.1, 0.15) is 24.0 Å². The van der Waals surface area contributed by atoms with Gasteiger partial charge in [0.25, 0.3) is 0 Å². The van der Waals surface area contributed by atoms with Crippen molar-refractivity contribution in [1.29, 1.82) is 0 Å². The first-order chi connectivity index (χ1) is 9.67. The third-order valence-corrected chi connectivity index (χ3v) is 4.27. The number of hydrogen-bond donors (Lipinski definition) is 1. The van der Waals surface area contributed by atoms with Crippen molar-refractivity contribution in [2.24, 2.45) is 0 Å². The average Bonchev–Trinajstić information content (AvgIpc) is 2.49. The van der Waals surface area contributed by atoms with Gasteiger partial charge < -0.3 is 10.0 Å². The summed E-state index contributed by atoms with van der Waals surface area (Å²) >= 11 is 0. The third kappa shape index (κ3) is 2.56. The van der Waals surface area contributed by atoms with Gasteiger partial charge in [-0.1, -0.05) is 48.0 Å². The molecule has 104 valence electrons. The summed E-state index contributed by atoms with van der Waals surface area (Å²) in [6.45, 7) is 3.87. The molecule has 0 aliphatic carbocycles. The first-order valence-electron chi connectivity index (χ1n) is 7.27. The molecule has 0 amide bonds. The largest absolute Gasteiger partial charge is 0.385 e. The number of hydrogen-bond acceptors (Lipinski definition) is 2. The number of nitrogens with zero attached hydrogens (tertiary/aromatic N) is 1. The molecule has 1 aliphatic heterocycles. The van der Waals surface area contributed by atoms with Crippen LogP contribution in [-0.2, 0) is 5.60 Å². The van der Waals surface area contributed by atoms with Gasteiger partial charge in [0, 0.05) is 18.8 Å². The van der Waals surface area contributed by atoms with Gasteiger partial charge in [-0.15, -0.1) is 0 Å². The number of anilines is 1. The predicted molar refractivity (Wildman–Crippen MR) is 83.0 cm³/mol. The highest BCUT2D eigenvalue weighted by Crippen LogP contribution is 2.34. The molecule has 2 aromatic carbocycles. The molecule has 0 unspecified atom stereocenters. The zero-order chi connectivity index (χ0) is 14.0. The van der Waals surface area contributed by atoms with Gasteiger partial charge in [-0.05, 0) is 37.5 Å². The number of para-hydroxylation sites is 1. The molecule has 0 bridgehead atoms. The van der Waals surface area contributed by atoms with Crippen LogP contribution in [0.25, 0.3) is 0 Å². The van der Waals surface area contributed by atoms with Crippen molar-refractivity contribution >= 4 is 5.69 Å². The molecule has 1 aliphatic rings. The molecule has 2 aromatic rings. The van der Waals surface area contributed by atoms with E-state index in [0.717, 1.165) is 31.5 Å². The van der Waals surface area contributed by atoms with Crippen LogP contribution < -0.4 is 4.90 Å². The molecule has 1 heterocycles. The highest BCUT2D eigenvalue weighted by Gasteiger charge is 2.33. The van der Waals surface area contributed by atoms with Gasteiger partial charge in [-0.3, -0.25) is 0 Å². The van der Waals surface area contributed by atoms with Crippen molar-refractivity contribution in [3.8, 4) is 0 Å². The Labute approximate surface area is 120 Å². The van der Waals surface area contributed by atoms with Gasteiger partial charge in [0.1, 0.15) is 0 Å². The van der Waals surface area contributed by atoms with E-state index in [1.165, 1.54) is 11.3 Å². The maximum Gasteiger partial charge on any atom is 0.0930 e. The maximum atomic E-state index is 10.9. The summed E-state index contributed by atoms with van der Waals surface area (Å²) in [7, 11) is 0. The molecule has 2 heteroatoms. The number of aryl methyl sites for hydroxylation is 1. The molecular formula is C18H21NO. The highest BCUT2D eigenvalue weighted by atomic mass is 16.3. The van der Waals surface area contributed by atoms with E-state index in [1.807, 2.05) is 18.2 Å². The fraction of sp³-hybridized carbons (Fsp3) is 0.333. The minimum atomic E-state index is -0.669. The number of piperidine rings is 1. The lowest BCUT2D eigenvalue weighted by atomic mass is 9.84. The monoisotopic (exact) mass is 267 g/mol. The van der Waals surface area contributed by atoms with Crippen LogP contribution in [0.5, 0.6) is 0 Å². The Kier molecular flexibility index (Phi) is 3.49. The second-order valence-electron chi connectivity index (χ2n) is 5.72. The molecule has 3 rings (SSSR count). The van der Waals surface area contributed by atoms with Crippen LogP contribution in [0.15, 0.2) is 54.6 Å². The molecule has 0 atom stereocenters. The Bertz CT molecular complexity index is 571. The fourth-order valence-corrected chi connectivity index (χ4v) is 3.00. The number of rotatable bonds is 2. The first-order valence-corrected chi connectivity index (χ1v) is 7.27. The molecule has 1 N–H and O–H groups in total. The van der Waals surface area contributed by atoms with Crippen LogP contribution in [0.4, 0.5) is 5.69 Å². The van der Waals surface area contributed by atoms with Crippen molar-refractivity contribution in [2.45, 2.75) is 25.4 Å². The van der Waals surface area contributed by atoms with Crippen LogP contribution in [0.2, 0.25) is 0 Å². The molecular weight excluding hydrogens is 246 g/mol. The van der Waals surface area contributed by atoms with Gasteiger partial charge in [0.15, 0.2) is 0 Å². The average molecular weight is 267 g/mol. The third-order valence-electron chi connectivity index (χ3n) is 4.27.